The van der Waals surface area contributed by atoms with E-state index in [0.29, 0.717) is 58.7 Å². The first-order valence-corrected chi connectivity index (χ1v) is 25.4. The van der Waals surface area contributed by atoms with Gasteiger partial charge in [-0.05, 0) is 64.5 Å². The standard InChI is InChI=1S/C64H76O8/c1-61(2,48-59(65)71-43-41-69-39-37-67-5)49-63(55-29-17-9-18-30-55,56-31-19-10-20-32-56)46-53(51-25-13-7-14-26-51)45-54(52-27-15-8-16-28-52)47-64(57-33-21-11-22-34-57,58-35-23-12-24-36-58)50-62(3,4)60(66)72-44-42-70-40-38-68-6/h7-36,53-54H,1,3,37-50H2,2,4-6H3/q-2. The molecule has 8 nitrogen and oxygen atoms in total. The Bertz CT molecular complexity index is 2360. The molecule has 0 saturated heterocycles. The Morgan fingerprint density at radius 1 is 0.444 bits per heavy atom. The third-order valence-corrected chi connectivity index (χ3v) is 13.9. The second-order valence-corrected chi connectivity index (χ2v) is 20.0. The third-order valence-electron chi connectivity index (χ3n) is 13.9. The van der Waals surface area contributed by atoms with E-state index in [9.17, 15) is 9.59 Å². The third kappa shape index (κ3) is 15.8. The molecule has 0 aliphatic rings. The van der Waals surface area contributed by atoms with Crippen molar-refractivity contribution in [3.05, 3.63) is 229 Å². The molecule has 8 heteroatoms. The van der Waals surface area contributed by atoms with Crippen molar-refractivity contribution in [3.63, 3.8) is 0 Å². The Morgan fingerprint density at radius 3 is 1.15 bits per heavy atom. The van der Waals surface area contributed by atoms with E-state index in [2.05, 4.69) is 184 Å². The summed E-state index contributed by atoms with van der Waals surface area (Å²) in [5.41, 5.74) is 3.74. The average molecular weight is 973 g/mol. The van der Waals surface area contributed by atoms with Crippen molar-refractivity contribution in [3.8, 4) is 0 Å². The highest BCUT2D eigenvalue weighted by Crippen LogP contribution is 2.54. The number of hydrogen-bond donors (Lipinski definition) is 0. The van der Waals surface area contributed by atoms with Crippen LogP contribution in [-0.4, -0.2) is 79.0 Å². The molecular formula is C64H76O8-2. The van der Waals surface area contributed by atoms with E-state index in [1.165, 1.54) is 11.1 Å². The summed E-state index contributed by atoms with van der Waals surface area (Å²) in [4.78, 5) is 28.0. The lowest BCUT2D eigenvalue weighted by Crippen LogP contribution is -2.40. The molecule has 72 heavy (non-hydrogen) atoms. The molecule has 0 bridgehead atoms. The van der Waals surface area contributed by atoms with Gasteiger partial charge in [0.15, 0.2) is 0 Å². The fourth-order valence-electron chi connectivity index (χ4n) is 10.7. The molecular weight excluding hydrogens is 897 g/mol. The topological polar surface area (TPSA) is 89.5 Å². The van der Waals surface area contributed by atoms with Crippen molar-refractivity contribution in [2.45, 2.75) is 75.0 Å². The van der Waals surface area contributed by atoms with Crippen LogP contribution in [0.2, 0.25) is 0 Å². The van der Waals surface area contributed by atoms with Crippen molar-refractivity contribution < 1.29 is 38.0 Å². The molecule has 0 aliphatic heterocycles. The second-order valence-electron chi connectivity index (χ2n) is 20.0. The predicted octanol–water partition coefficient (Wildman–Crippen LogP) is 13.0. The number of carbonyl (C=O) groups is 2. The number of carbonyl (C=O) groups excluding carboxylic acids is 2. The molecule has 6 aromatic rings. The predicted molar refractivity (Wildman–Crippen MR) is 288 cm³/mol. The molecule has 6 aromatic carbocycles. The Kier molecular flexibility index (Phi) is 21.4. The molecule has 0 saturated carbocycles. The van der Waals surface area contributed by atoms with E-state index in [4.69, 9.17) is 35.3 Å². The molecule has 0 spiro atoms. The van der Waals surface area contributed by atoms with Gasteiger partial charge in [-0.2, -0.15) is 0 Å². The van der Waals surface area contributed by atoms with E-state index in [1.807, 2.05) is 19.1 Å². The zero-order valence-electron chi connectivity index (χ0n) is 43.1. The van der Waals surface area contributed by atoms with Crippen LogP contribution in [0.25, 0.3) is 0 Å². The summed E-state index contributed by atoms with van der Waals surface area (Å²) in [7, 11) is 3.26. The van der Waals surface area contributed by atoms with Crippen LogP contribution in [0, 0.1) is 24.7 Å². The zero-order chi connectivity index (χ0) is 51.1. The Hall–Kier alpha value is -5.90. The van der Waals surface area contributed by atoms with Gasteiger partial charge in [-0.15, -0.1) is 5.41 Å². The molecule has 6 rings (SSSR count). The van der Waals surface area contributed by atoms with E-state index in [0.717, 1.165) is 28.7 Å². The normalized spacial score (nSPS) is 14.4. The van der Waals surface area contributed by atoms with Crippen LogP contribution < -0.4 is 0 Å². The summed E-state index contributed by atoms with van der Waals surface area (Å²) in [6.45, 7) is 16.0. The van der Waals surface area contributed by atoms with Gasteiger partial charge in [0, 0.05) is 31.5 Å². The summed E-state index contributed by atoms with van der Waals surface area (Å²) >= 11 is 0. The van der Waals surface area contributed by atoms with Crippen LogP contribution >= 0.6 is 0 Å². The number of rotatable bonds is 31. The van der Waals surface area contributed by atoms with Crippen LogP contribution in [0.4, 0.5) is 0 Å². The minimum atomic E-state index is -1.15. The lowest BCUT2D eigenvalue weighted by atomic mass is 9.58. The maximum absolute atomic E-state index is 14.3. The first kappa shape index (κ1) is 55.4. The highest BCUT2D eigenvalue weighted by atomic mass is 16.6. The highest BCUT2D eigenvalue weighted by Gasteiger charge is 2.45. The molecule has 0 aliphatic carbocycles. The number of methoxy groups -OCH3 is 2. The van der Waals surface area contributed by atoms with Crippen molar-refractivity contribution in [1.29, 1.82) is 0 Å². The average Bonchev–Trinajstić information content (AvgIpc) is 3.40. The SMILES string of the molecule is [CH2-]C(C)(CC(=O)OCCOCCOC)CC(CC(CC(CC(CC([CH2-])(C)C(=O)OCCOCCOC)(c1ccccc1)c1ccccc1)c1ccccc1)c1ccccc1)(c1ccccc1)c1ccccc1. The van der Waals surface area contributed by atoms with Gasteiger partial charge >= 0.3 is 5.97 Å². The second kappa shape index (κ2) is 27.8. The Morgan fingerprint density at radius 2 is 0.778 bits per heavy atom. The first-order valence-electron chi connectivity index (χ1n) is 25.4. The van der Waals surface area contributed by atoms with Gasteiger partial charge < -0.3 is 42.3 Å². The molecule has 382 valence electrons. The molecule has 4 atom stereocenters. The van der Waals surface area contributed by atoms with Crippen LogP contribution in [0.3, 0.4) is 0 Å². The summed E-state index contributed by atoms with van der Waals surface area (Å²) in [6.07, 6.45) is 3.18. The minimum absolute atomic E-state index is 0.0118. The van der Waals surface area contributed by atoms with Gasteiger partial charge in [-0.1, -0.05) is 214 Å². The molecule has 4 unspecified atom stereocenters. The molecule has 0 aromatic heterocycles. The van der Waals surface area contributed by atoms with E-state index < -0.39 is 21.7 Å². The van der Waals surface area contributed by atoms with Crippen LogP contribution in [0.5, 0.6) is 0 Å². The minimum Gasteiger partial charge on any atom is -0.465 e. The molecule has 0 amide bonds. The Labute approximate surface area is 430 Å². The van der Waals surface area contributed by atoms with Gasteiger partial charge in [0.1, 0.15) is 13.2 Å². The van der Waals surface area contributed by atoms with Crippen LogP contribution in [-0.2, 0) is 48.8 Å². The largest absolute Gasteiger partial charge is 0.465 e. The number of benzene rings is 6. The Balaban J connectivity index is 1.46. The van der Waals surface area contributed by atoms with Crippen LogP contribution in [0.1, 0.15) is 97.6 Å². The maximum atomic E-state index is 14.3. The van der Waals surface area contributed by atoms with Crippen LogP contribution in [0.15, 0.2) is 182 Å². The highest BCUT2D eigenvalue weighted by molar-refractivity contribution is 5.77. The van der Waals surface area contributed by atoms with E-state index in [1.54, 1.807) is 14.2 Å². The van der Waals surface area contributed by atoms with E-state index in [-0.39, 0.29) is 50.0 Å². The van der Waals surface area contributed by atoms with Crippen molar-refractivity contribution in [2.24, 2.45) is 10.8 Å². The van der Waals surface area contributed by atoms with Gasteiger partial charge in [0.05, 0.1) is 39.6 Å². The smallest absolute Gasteiger partial charge is 0.303 e. The molecule has 0 N–H and O–H groups in total. The fraction of sp³-hybridized carbons (Fsp3) is 0.375. The lowest BCUT2D eigenvalue weighted by molar-refractivity contribution is -0.155. The van der Waals surface area contributed by atoms with Gasteiger partial charge in [0.25, 0.3) is 5.97 Å². The van der Waals surface area contributed by atoms with Crippen molar-refractivity contribution in [2.75, 3.05) is 67.1 Å². The summed E-state index contributed by atoms with van der Waals surface area (Å²) in [6, 6.07) is 64.4. The summed E-state index contributed by atoms with van der Waals surface area (Å²) in [5, 5.41) is 0. The molecule has 0 heterocycles. The first-order chi connectivity index (χ1) is 34.9. The monoisotopic (exact) mass is 973 g/mol. The number of ether oxygens (including phenoxy) is 6. The zero-order valence-corrected chi connectivity index (χ0v) is 43.1. The molecule has 0 fully saturated rings. The van der Waals surface area contributed by atoms with Gasteiger partial charge in [0.2, 0.25) is 0 Å². The van der Waals surface area contributed by atoms with Gasteiger partial charge in [-0.25, -0.2) is 0 Å². The quantitative estimate of drug-likeness (QED) is 0.0242. The van der Waals surface area contributed by atoms with Crippen molar-refractivity contribution in [1.82, 2.24) is 0 Å². The maximum Gasteiger partial charge on any atom is 0.303 e. The number of esters is 2. The fourth-order valence-corrected chi connectivity index (χ4v) is 10.7. The van der Waals surface area contributed by atoms with E-state index >= 15 is 0 Å². The van der Waals surface area contributed by atoms with Crippen molar-refractivity contribution >= 4 is 11.9 Å². The number of hydrogen-bond acceptors (Lipinski definition) is 8. The summed E-state index contributed by atoms with van der Waals surface area (Å²) < 4.78 is 33.2. The molecule has 0 radical (unpaired) electrons. The lowest BCUT2D eigenvalue weighted by Gasteiger charge is -2.48. The summed E-state index contributed by atoms with van der Waals surface area (Å²) in [5.74, 6) is -0.730. The van der Waals surface area contributed by atoms with Gasteiger partial charge in [-0.3, -0.25) is 9.59 Å².